The molecule has 0 saturated heterocycles. The van der Waals surface area contributed by atoms with Crippen molar-refractivity contribution in [3.05, 3.63) is 65.4 Å². The number of H-pyrrole nitrogens is 1. The normalized spacial score (nSPS) is 15.5. The van der Waals surface area contributed by atoms with E-state index in [1.165, 1.54) is 10.9 Å². The first-order valence-electron chi connectivity index (χ1n) is 7.05. The van der Waals surface area contributed by atoms with Gasteiger partial charge in [-0.3, -0.25) is 0 Å². The third-order valence-electron chi connectivity index (χ3n) is 3.94. The predicted octanol–water partition coefficient (Wildman–Crippen LogP) is 4.38. The van der Waals surface area contributed by atoms with Crippen LogP contribution < -0.4 is 0 Å². The number of amidine groups is 1. The third kappa shape index (κ3) is 1.82. The van der Waals surface area contributed by atoms with Crippen molar-refractivity contribution >= 4 is 28.1 Å². The van der Waals surface area contributed by atoms with Crippen LogP contribution in [0.1, 0.15) is 23.7 Å². The molecular weight excluding hydrogens is 258 g/mol. The maximum atomic E-state index is 4.77. The summed E-state index contributed by atoms with van der Waals surface area (Å²) in [6.07, 6.45) is 0. The number of hydrogen-bond donors (Lipinski definition) is 1. The van der Waals surface area contributed by atoms with Gasteiger partial charge in [0.15, 0.2) is 5.84 Å². The summed E-state index contributed by atoms with van der Waals surface area (Å²) >= 11 is 0. The number of hydrogen-bond acceptors (Lipinski definition) is 1. The summed E-state index contributed by atoms with van der Waals surface area (Å²) < 4.78 is 0. The Hall–Kier alpha value is -2.68. The monoisotopic (exact) mass is 273 g/mol. The van der Waals surface area contributed by atoms with Crippen molar-refractivity contribution in [3.8, 4) is 0 Å². The molecule has 0 radical (unpaired) electrons. The molecule has 3 aromatic rings. The molecule has 21 heavy (non-hydrogen) atoms. The molecular formula is C18H15N3. The molecule has 0 spiro atoms. The van der Waals surface area contributed by atoms with Crippen molar-refractivity contribution < 1.29 is 0 Å². The number of aromatic nitrogens is 1. The van der Waals surface area contributed by atoms with Gasteiger partial charge in [-0.1, -0.05) is 48.5 Å². The highest BCUT2D eigenvalue weighted by Gasteiger charge is 2.18. The molecule has 0 unspecified atom stereocenters. The number of aromatic amines is 1. The van der Waals surface area contributed by atoms with Crippen LogP contribution in [-0.2, 0) is 0 Å². The van der Waals surface area contributed by atoms with Crippen molar-refractivity contribution in [1.82, 2.24) is 4.98 Å². The predicted molar refractivity (Wildman–Crippen MR) is 87.9 cm³/mol. The van der Waals surface area contributed by atoms with E-state index in [1.54, 1.807) is 0 Å². The first-order valence-corrected chi connectivity index (χ1v) is 7.05. The van der Waals surface area contributed by atoms with Gasteiger partial charge in [0.1, 0.15) is 5.82 Å². The molecule has 3 nitrogen and oxygen atoms in total. The topological polar surface area (TPSA) is 40.5 Å². The maximum Gasteiger partial charge on any atom is 0.162 e. The molecule has 0 fully saturated rings. The average Bonchev–Trinajstić information content (AvgIpc) is 3.00. The number of nitrogens with zero attached hydrogens (tertiary/aromatic N) is 2. The molecule has 3 heteroatoms. The minimum atomic E-state index is 0.787. The van der Waals surface area contributed by atoms with Crippen LogP contribution in [0.2, 0.25) is 0 Å². The highest BCUT2D eigenvalue weighted by atomic mass is 15.0. The van der Waals surface area contributed by atoms with Gasteiger partial charge in [-0.2, -0.15) is 0 Å². The van der Waals surface area contributed by atoms with Crippen molar-refractivity contribution in [2.24, 2.45) is 9.98 Å². The van der Waals surface area contributed by atoms with Crippen LogP contribution in [0.4, 0.5) is 5.82 Å². The molecule has 0 aliphatic carbocycles. The Bertz CT molecular complexity index is 913. The van der Waals surface area contributed by atoms with E-state index < -0.39 is 0 Å². The summed E-state index contributed by atoms with van der Waals surface area (Å²) in [5, 5.41) is 2.35. The van der Waals surface area contributed by atoms with Gasteiger partial charge in [0, 0.05) is 33.3 Å². The molecule has 1 aromatic heterocycles. The van der Waals surface area contributed by atoms with Gasteiger partial charge in [0.25, 0.3) is 0 Å². The maximum absolute atomic E-state index is 4.77. The molecule has 102 valence electrons. The summed E-state index contributed by atoms with van der Waals surface area (Å²) in [7, 11) is 0. The molecule has 0 saturated carbocycles. The van der Waals surface area contributed by atoms with Gasteiger partial charge in [-0.15, -0.1) is 0 Å². The van der Waals surface area contributed by atoms with Crippen LogP contribution >= 0.6 is 0 Å². The molecule has 2 heterocycles. The van der Waals surface area contributed by atoms with Gasteiger partial charge in [0.2, 0.25) is 0 Å². The van der Waals surface area contributed by atoms with Gasteiger partial charge in [-0.05, 0) is 13.8 Å². The molecule has 0 atom stereocenters. The first kappa shape index (κ1) is 12.1. The van der Waals surface area contributed by atoms with E-state index in [0.29, 0.717) is 0 Å². The molecule has 1 aliphatic rings. The zero-order valence-electron chi connectivity index (χ0n) is 12.0. The summed E-state index contributed by atoms with van der Waals surface area (Å²) in [6.45, 7) is 4.10. The molecule has 2 aromatic carbocycles. The minimum absolute atomic E-state index is 0.787. The van der Waals surface area contributed by atoms with Crippen molar-refractivity contribution in [2.75, 3.05) is 0 Å². The standard InChI is InChI=1S/C18H15N3/c1-11-13-7-3-5-9-15(13)17(19-11)21-18-16-10-6-4-8-14(16)12(2)20-18/h3-10,19H,1-2H3/b21-18-. The van der Waals surface area contributed by atoms with E-state index in [1.807, 2.05) is 31.2 Å². The number of fused-ring (bicyclic) bond motifs is 2. The van der Waals surface area contributed by atoms with E-state index in [0.717, 1.165) is 34.0 Å². The number of benzene rings is 2. The van der Waals surface area contributed by atoms with Crippen LogP contribution in [0, 0.1) is 6.92 Å². The Morgan fingerprint density at radius 3 is 2.33 bits per heavy atom. The second kappa shape index (κ2) is 4.42. The smallest absolute Gasteiger partial charge is 0.162 e. The van der Waals surface area contributed by atoms with E-state index in [2.05, 4.69) is 41.2 Å². The fraction of sp³-hybridized carbons (Fsp3) is 0.111. The Balaban J connectivity index is 1.93. The lowest BCUT2D eigenvalue weighted by molar-refractivity contribution is 1.25. The fourth-order valence-electron chi connectivity index (χ4n) is 2.88. The fourth-order valence-corrected chi connectivity index (χ4v) is 2.88. The van der Waals surface area contributed by atoms with Gasteiger partial charge in [-0.25, -0.2) is 9.98 Å². The third-order valence-corrected chi connectivity index (χ3v) is 3.94. The van der Waals surface area contributed by atoms with Gasteiger partial charge < -0.3 is 4.98 Å². The summed E-state index contributed by atoms with van der Waals surface area (Å²) in [6, 6.07) is 16.5. The van der Waals surface area contributed by atoms with Crippen LogP contribution in [0.25, 0.3) is 10.8 Å². The SMILES string of the molecule is CC1=N/C(=N\c2[nH]c(C)c3ccccc23)c2ccccc21. The highest BCUT2D eigenvalue weighted by molar-refractivity contribution is 6.23. The number of rotatable bonds is 1. The van der Waals surface area contributed by atoms with Gasteiger partial charge >= 0.3 is 0 Å². The van der Waals surface area contributed by atoms with Crippen molar-refractivity contribution in [2.45, 2.75) is 13.8 Å². The van der Waals surface area contributed by atoms with E-state index in [-0.39, 0.29) is 0 Å². The summed E-state index contributed by atoms with van der Waals surface area (Å²) in [5.74, 6) is 1.67. The summed E-state index contributed by atoms with van der Waals surface area (Å²) in [4.78, 5) is 12.8. The zero-order valence-corrected chi connectivity index (χ0v) is 12.0. The van der Waals surface area contributed by atoms with E-state index in [4.69, 9.17) is 4.99 Å². The minimum Gasteiger partial charge on any atom is -0.343 e. The second-order valence-corrected chi connectivity index (χ2v) is 5.32. The Labute approximate surface area is 123 Å². The van der Waals surface area contributed by atoms with Gasteiger partial charge in [0.05, 0.1) is 0 Å². The van der Waals surface area contributed by atoms with E-state index >= 15 is 0 Å². The first-order chi connectivity index (χ1) is 10.2. The quantitative estimate of drug-likeness (QED) is 0.683. The molecule has 1 aliphatic heterocycles. The van der Waals surface area contributed by atoms with Crippen molar-refractivity contribution in [1.29, 1.82) is 0 Å². The number of aryl methyl sites for hydroxylation is 1. The van der Waals surface area contributed by atoms with Crippen molar-refractivity contribution in [3.63, 3.8) is 0 Å². The highest BCUT2D eigenvalue weighted by Crippen LogP contribution is 2.30. The van der Waals surface area contributed by atoms with E-state index in [9.17, 15) is 0 Å². The Morgan fingerprint density at radius 1 is 0.857 bits per heavy atom. The lowest BCUT2D eigenvalue weighted by Gasteiger charge is -1.98. The molecule has 0 bridgehead atoms. The Kier molecular flexibility index (Phi) is 2.54. The lowest BCUT2D eigenvalue weighted by atomic mass is 10.1. The lowest BCUT2D eigenvalue weighted by Crippen LogP contribution is -1.93. The van der Waals surface area contributed by atoms with Crippen LogP contribution in [0.15, 0.2) is 58.5 Å². The second-order valence-electron chi connectivity index (χ2n) is 5.32. The molecule has 4 rings (SSSR count). The average molecular weight is 273 g/mol. The molecule has 0 amide bonds. The Morgan fingerprint density at radius 2 is 1.52 bits per heavy atom. The summed E-state index contributed by atoms with van der Waals surface area (Å²) in [5.41, 5.74) is 4.43. The number of nitrogens with one attached hydrogen (secondary N) is 1. The largest absolute Gasteiger partial charge is 0.343 e. The zero-order chi connectivity index (χ0) is 14.4. The van der Waals surface area contributed by atoms with Crippen LogP contribution in [0.5, 0.6) is 0 Å². The number of aliphatic imine (C=N–C) groups is 2. The van der Waals surface area contributed by atoms with Crippen LogP contribution in [0.3, 0.4) is 0 Å². The molecule has 1 N–H and O–H groups in total. The van der Waals surface area contributed by atoms with Crippen LogP contribution in [-0.4, -0.2) is 16.5 Å².